The fourth-order valence-electron chi connectivity index (χ4n) is 1.95. The zero-order chi connectivity index (χ0) is 13.2. The van der Waals surface area contributed by atoms with Gasteiger partial charge in [-0.25, -0.2) is 4.68 Å². The van der Waals surface area contributed by atoms with Crippen molar-refractivity contribution in [3.63, 3.8) is 0 Å². The molecule has 0 bridgehead atoms. The topological polar surface area (TPSA) is 76.4 Å². The van der Waals surface area contributed by atoms with Gasteiger partial charge in [0.05, 0.1) is 6.54 Å². The van der Waals surface area contributed by atoms with Gasteiger partial charge in [0.15, 0.2) is 6.23 Å². The molecule has 6 heteroatoms. The van der Waals surface area contributed by atoms with Gasteiger partial charge in [-0.2, -0.15) is 5.10 Å². The van der Waals surface area contributed by atoms with E-state index in [1.165, 1.54) is 4.68 Å². The molecule has 0 fully saturated rings. The normalized spacial score (nSPS) is 17.7. The highest BCUT2D eigenvalue weighted by Gasteiger charge is 2.25. The minimum absolute atomic E-state index is 0.173. The van der Waals surface area contributed by atoms with E-state index >= 15 is 0 Å². The number of carbonyl (C=O) groups is 1. The first-order chi connectivity index (χ1) is 9.24. The Bertz CT molecular complexity index is 594. The van der Waals surface area contributed by atoms with E-state index in [9.17, 15) is 9.90 Å². The SMILES string of the molecule is O=C1NCC(O)n2nc(COc3ccccc3)cc21. The number of rotatable bonds is 3. The van der Waals surface area contributed by atoms with Crippen LogP contribution in [0, 0.1) is 0 Å². The van der Waals surface area contributed by atoms with Gasteiger partial charge in [0.1, 0.15) is 23.7 Å². The van der Waals surface area contributed by atoms with Crippen molar-refractivity contribution in [2.75, 3.05) is 6.54 Å². The van der Waals surface area contributed by atoms with Gasteiger partial charge in [-0.3, -0.25) is 4.79 Å². The number of benzene rings is 1. The Labute approximate surface area is 109 Å². The summed E-state index contributed by atoms with van der Waals surface area (Å²) in [5.74, 6) is 0.502. The predicted octanol–water partition coefficient (Wildman–Crippen LogP) is 0.696. The number of nitrogens with zero attached hydrogens (tertiary/aromatic N) is 2. The van der Waals surface area contributed by atoms with E-state index in [-0.39, 0.29) is 19.1 Å². The number of hydrogen-bond donors (Lipinski definition) is 2. The molecule has 0 saturated carbocycles. The van der Waals surface area contributed by atoms with Crippen LogP contribution in [-0.2, 0) is 6.61 Å². The highest BCUT2D eigenvalue weighted by molar-refractivity contribution is 5.93. The molecule has 1 amide bonds. The molecule has 1 aliphatic heterocycles. The van der Waals surface area contributed by atoms with E-state index in [1.807, 2.05) is 30.3 Å². The second kappa shape index (κ2) is 4.74. The van der Waals surface area contributed by atoms with Crippen LogP contribution >= 0.6 is 0 Å². The van der Waals surface area contributed by atoms with E-state index in [1.54, 1.807) is 6.07 Å². The number of aromatic nitrogens is 2. The summed E-state index contributed by atoms with van der Waals surface area (Å²) in [7, 11) is 0. The summed E-state index contributed by atoms with van der Waals surface area (Å²) in [6.45, 7) is 0.427. The molecule has 0 aliphatic carbocycles. The zero-order valence-corrected chi connectivity index (χ0v) is 10.1. The lowest BCUT2D eigenvalue weighted by molar-refractivity contribution is 0.0589. The van der Waals surface area contributed by atoms with Gasteiger partial charge in [-0.15, -0.1) is 0 Å². The van der Waals surface area contributed by atoms with Crippen LogP contribution in [0.5, 0.6) is 5.75 Å². The molecule has 3 rings (SSSR count). The van der Waals surface area contributed by atoms with Crippen LogP contribution in [0.2, 0.25) is 0 Å². The zero-order valence-electron chi connectivity index (χ0n) is 10.1. The van der Waals surface area contributed by atoms with Crippen molar-refractivity contribution < 1.29 is 14.6 Å². The highest BCUT2D eigenvalue weighted by atomic mass is 16.5. The lowest BCUT2D eigenvalue weighted by atomic mass is 10.3. The summed E-state index contributed by atoms with van der Waals surface area (Å²) >= 11 is 0. The fourth-order valence-corrected chi connectivity index (χ4v) is 1.95. The Balaban J connectivity index is 1.76. The minimum atomic E-state index is -0.821. The molecule has 2 aromatic rings. The van der Waals surface area contributed by atoms with Crippen molar-refractivity contribution in [3.05, 3.63) is 47.8 Å². The molecule has 19 heavy (non-hydrogen) atoms. The maximum absolute atomic E-state index is 11.6. The van der Waals surface area contributed by atoms with Crippen molar-refractivity contribution in [1.29, 1.82) is 0 Å². The molecule has 1 unspecified atom stereocenters. The van der Waals surface area contributed by atoms with Crippen molar-refractivity contribution in [2.45, 2.75) is 12.8 Å². The Hall–Kier alpha value is -2.34. The number of carbonyl (C=O) groups excluding carboxylic acids is 1. The first-order valence-electron chi connectivity index (χ1n) is 5.96. The van der Waals surface area contributed by atoms with Gasteiger partial charge in [-0.1, -0.05) is 18.2 Å². The minimum Gasteiger partial charge on any atom is -0.487 e. The number of aliphatic hydroxyl groups excluding tert-OH is 1. The van der Waals surface area contributed by atoms with E-state index in [0.29, 0.717) is 11.4 Å². The second-order valence-corrected chi connectivity index (χ2v) is 4.26. The second-order valence-electron chi connectivity index (χ2n) is 4.26. The summed E-state index contributed by atoms with van der Waals surface area (Å²) < 4.78 is 6.87. The molecular weight excluding hydrogens is 246 g/mol. The monoisotopic (exact) mass is 259 g/mol. The Morgan fingerprint density at radius 1 is 1.42 bits per heavy atom. The molecule has 0 spiro atoms. The quantitative estimate of drug-likeness (QED) is 0.850. The van der Waals surface area contributed by atoms with Gasteiger partial charge in [0.25, 0.3) is 5.91 Å². The van der Waals surface area contributed by atoms with Crippen molar-refractivity contribution in [1.82, 2.24) is 15.1 Å². The Morgan fingerprint density at radius 3 is 2.95 bits per heavy atom. The highest BCUT2D eigenvalue weighted by Crippen LogP contribution is 2.16. The molecule has 1 aromatic heterocycles. The molecule has 6 nitrogen and oxygen atoms in total. The third kappa shape index (κ3) is 2.30. The van der Waals surface area contributed by atoms with Crippen LogP contribution in [0.25, 0.3) is 0 Å². The van der Waals surface area contributed by atoms with Crippen LogP contribution in [-0.4, -0.2) is 27.3 Å². The van der Waals surface area contributed by atoms with Gasteiger partial charge in [0.2, 0.25) is 0 Å². The summed E-state index contributed by atoms with van der Waals surface area (Å²) in [6, 6.07) is 11.0. The molecule has 0 radical (unpaired) electrons. The number of β-amino-alcohol motifs (C(OH)–C–C–N with tert-alkyl or cyclic N) is 1. The number of hydrogen-bond acceptors (Lipinski definition) is 4. The molecule has 0 saturated heterocycles. The molecule has 1 atom stereocenters. The van der Waals surface area contributed by atoms with Crippen molar-refractivity contribution in [3.8, 4) is 5.75 Å². The summed E-state index contributed by atoms with van der Waals surface area (Å²) in [4.78, 5) is 11.6. The Morgan fingerprint density at radius 2 is 2.21 bits per heavy atom. The summed E-state index contributed by atoms with van der Waals surface area (Å²) in [5.41, 5.74) is 0.959. The molecule has 98 valence electrons. The van der Waals surface area contributed by atoms with E-state index in [2.05, 4.69) is 10.4 Å². The number of nitrogens with one attached hydrogen (secondary N) is 1. The molecule has 1 aliphatic rings. The molecule has 2 N–H and O–H groups in total. The average Bonchev–Trinajstić information content (AvgIpc) is 2.87. The molecule has 2 heterocycles. The number of aliphatic hydroxyl groups is 1. The van der Waals surface area contributed by atoms with E-state index in [0.717, 1.165) is 5.75 Å². The number of amides is 1. The molecule has 1 aromatic carbocycles. The number of para-hydroxylation sites is 1. The fraction of sp³-hybridized carbons (Fsp3) is 0.231. The lowest BCUT2D eigenvalue weighted by Gasteiger charge is -2.19. The first-order valence-corrected chi connectivity index (χ1v) is 5.96. The van der Waals surface area contributed by atoms with E-state index < -0.39 is 6.23 Å². The summed E-state index contributed by atoms with van der Waals surface area (Å²) in [6.07, 6.45) is -0.821. The number of ether oxygens (including phenoxy) is 1. The standard InChI is InChI=1S/C13H13N3O3/c17-12-7-14-13(18)11-6-9(15-16(11)12)8-19-10-4-2-1-3-5-10/h1-6,12,17H,7-8H2,(H,14,18). The van der Waals surface area contributed by atoms with Gasteiger partial charge in [-0.05, 0) is 18.2 Å². The predicted molar refractivity (Wildman–Crippen MR) is 66.6 cm³/mol. The lowest BCUT2D eigenvalue weighted by Crippen LogP contribution is -2.39. The van der Waals surface area contributed by atoms with Crippen molar-refractivity contribution in [2.24, 2.45) is 0 Å². The third-order valence-corrected chi connectivity index (χ3v) is 2.88. The Kier molecular flexibility index (Phi) is 2.92. The van der Waals surface area contributed by atoms with Crippen molar-refractivity contribution >= 4 is 5.91 Å². The molecular formula is C13H13N3O3. The van der Waals surface area contributed by atoms with E-state index in [4.69, 9.17) is 4.74 Å². The van der Waals surface area contributed by atoms with Crippen LogP contribution in [0.4, 0.5) is 0 Å². The van der Waals surface area contributed by atoms with Crippen LogP contribution in [0.3, 0.4) is 0 Å². The van der Waals surface area contributed by atoms with Crippen LogP contribution in [0.1, 0.15) is 22.4 Å². The first kappa shape index (κ1) is 11.7. The summed E-state index contributed by atoms with van der Waals surface area (Å²) in [5, 5.41) is 16.5. The van der Waals surface area contributed by atoms with Gasteiger partial charge >= 0.3 is 0 Å². The van der Waals surface area contributed by atoms with Gasteiger partial charge in [0, 0.05) is 0 Å². The van der Waals surface area contributed by atoms with Gasteiger partial charge < -0.3 is 15.2 Å². The maximum Gasteiger partial charge on any atom is 0.269 e. The third-order valence-electron chi connectivity index (χ3n) is 2.88. The van der Waals surface area contributed by atoms with Crippen LogP contribution in [0.15, 0.2) is 36.4 Å². The largest absolute Gasteiger partial charge is 0.487 e. The average molecular weight is 259 g/mol. The smallest absolute Gasteiger partial charge is 0.269 e. The van der Waals surface area contributed by atoms with Crippen LogP contribution < -0.4 is 10.1 Å². The maximum atomic E-state index is 11.6. The number of fused-ring (bicyclic) bond motifs is 1.